The van der Waals surface area contributed by atoms with Crippen LogP contribution in [0.2, 0.25) is 0 Å². The molecule has 11 nitrogen and oxygen atoms in total. The van der Waals surface area contributed by atoms with E-state index in [1.807, 2.05) is 109 Å². The van der Waals surface area contributed by atoms with Crippen molar-refractivity contribution in [3.63, 3.8) is 0 Å². The smallest absolute Gasteiger partial charge is 0.350 e. The zero-order valence-electron chi connectivity index (χ0n) is 27.7. The second-order valence-corrected chi connectivity index (χ2v) is 12.8. The van der Waals surface area contributed by atoms with E-state index >= 15 is 0 Å². The summed E-state index contributed by atoms with van der Waals surface area (Å²) in [7, 11) is 0. The minimum atomic E-state index is -0.875. The van der Waals surface area contributed by atoms with E-state index in [9.17, 15) is 9.59 Å². The van der Waals surface area contributed by atoms with Gasteiger partial charge in [0.1, 0.15) is 11.1 Å². The number of hydrogen-bond donors (Lipinski definition) is 4. The van der Waals surface area contributed by atoms with Crippen LogP contribution in [0.25, 0.3) is 92.7 Å². The van der Waals surface area contributed by atoms with E-state index in [0.29, 0.717) is 44.8 Å². The van der Waals surface area contributed by atoms with Crippen molar-refractivity contribution in [1.82, 2.24) is 39.9 Å². The van der Waals surface area contributed by atoms with Crippen molar-refractivity contribution in [1.29, 1.82) is 0 Å². The van der Waals surface area contributed by atoms with E-state index in [1.165, 1.54) is 0 Å². The number of H-pyrrole nitrogens is 4. The van der Waals surface area contributed by atoms with Crippen molar-refractivity contribution >= 4 is 105 Å². The van der Waals surface area contributed by atoms with Crippen molar-refractivity contribution < 1.29 is 14.3 Å². The summed E-state index contributed by atoms with van der Waals surface area (Å²) in [6.07, 6.45) is 14.8. The van der Waals surface area contributed by atoms with Gasteiger partial charge in [-0.3, -0.25) is 0 Å². The molecule has 0 amide bonds. The lowest BCUT2D eigenvalue weighted by Crippen LogP contribution is -2.15. The molecule has 0 saturated heterocycles. The summed E-state index contributed by atoms with van der Waals surface area (Å²) < 4.78 is 5.74. The second kappa shape index (κ2) is 12.0. The fraction of sp³-hybridized carbons (Fsp3) is 0. The maximum atomic E-state index is 14.2. The van der Waals surface area contributed by atoms with Crippen molar-refractivity contribution in [3.8, 4) is 0 Å². The predicted molar refractivity (Wildman–Crippen MR) is 207 cm³/mol. The Morgan fingerprint density at radius 1 is 0.377 bits per heavy atom. The van der Waals surface area contributed by atoms with Gasteiger partial charge in [-0.15, -0.1) is 0 Å². The second-order valence-electron chi connectivity index (χ2n) is 12.8. The van der Waals surface area contributed by atoms with Gasteiger partial charge in [-0.05, 0) is 134 Å². The highest BCUT2D eigenvalue weighted by atomic mass is 16.6. The SMILES string of the molecule is O=C(OC(=O)c1c2nc(cc3ccc(cc4nc(cc5ccc1[nH]5)C=C4)[nH]3)C=C2)c1c2nc(cc3ccc(cc4nc(cc5ccc1[nH]5)C=C4)[nH]3)C=C2. The molecule has 4 aliphatic heterocycles. The molecule has 0 atom stereocenters. The number of carbonyl (C=O) groups is 2. The topological polar surface area (TPSA) is 158 Å². The van der Waals surface area contributed by atoms with E-state index in [4.69, 9.17) is 24.7 Å². The first-order valence-corrected chi connectivity index (χ1v) is 16.9. The molecule has 4 aliphatic rings. The van der Waals surface area contributed by atoms with Crippen LogP contribution in [0, 0.1) is 0 Å². The van der Waals surface area contributed by atoms with E-state index < -0.39 is 11.9 Å². The first kappa shape index (κ1) is 30.2. The molecule has 16 bridgehead atoms. The lowest BCUT2D eigenvalue weighted by Gasteiger charge is -2.06. The van der Waals surface area contributed by atoms with Crippen LogP contribution in [0.15, 0.2) is 84.9 Å². The summed E-state index contributed by atoms with van der Waals surface area (Å²) in [5.74, 6) is -1.75. The third-order valence-electron chi connectivity index (χ3n) is 9.03. The van der Waals surface area contributed by atoms with Crippen LogP contribution < -0.4 is 0 Å². The minimum Gasteiger partial charge on any atom is -0.385 e. The van der Waals surface area contributed by atoms with Crippen LogP contribution in [0.1, 0.15) is 66.3 Å². The summed E-state index contributed by atoms with van der Waals surface area (Å²) in [4.78, 5) is 60.7. The Morgan fingerprint density at radius 3 is 1.06 bits per heavy atom. The molecule has 0 spiro atoms. The zero-order chi connectivity index (χ0) is 35.5. The first-order chi connectivity index (χ1) is 25.9. The molecule has 0 aliphatic carbocycles. The van der Waals surface area contributed by atoms with Gasteiger partial charge in [0.05, 0.1) is 56.6 Å². The molecule has 0 unspecified atom stereocenters. The van der Waals surface area contributed by atoms with Crippen molar-refractivity contribution in [2.45, 2.75) is 0 Å². The Bertz CT molecular complexity index is 2840. The monoisotopic (exact) mass is 690 g/mol. The molecule has 10 rings (SSSR count). The molecule has 0 fully saturated rings. The Kier molecular flexibility index (Phi) is 6.83. The molecule has 252 valence electrons. The zero-order valence-corrected chi connectivity index (χ0v) is 27.7. The number of esters is 2. The van der Waals surface area contributed by atoms with Crippen LogP contribution >= 0.6 is 0 Å². The number of ether oxygens (including phenoxy) is 1. The van der Waals surface area contributed by atoms with Crippen LogP contribution in [-0.4, -0.2) is 51.8 Å². The fourth-order valence-electron chi connectivity index (χ4n) is 6.63. The standard InChI is InChI=1S/C42H26N8O3/c51-41(39-35-13-9-31(47-35)19-27-5-1-23(43-27)17-24-2-6-28(44-24)20-32-10-14-36(39)48-32)53-42(52)40-37-15-11-33(49-37)21-29-7-3-25(45-29)18-26-4-8-30(46-26)22-34-12-16-38(40)50-34/h1-22,43,45,48,50H. The highest BCUT2D eigenvalue weighted by Crippen LogP contribution is 2.25. The van der Waals surface area contributed by atoms with Crippen molar-refractivity contribution in [2.75, 3.05) is 0 Å². The summed E-state index contributed by atoms with van der Waals surface area (Å²) >= 11 is 0. The molecule has 10 heterocycles. The average molecular weight is 691 g/mol. The van der Waals surface area contributed by atoms with Gasteiger partial charge in [0.2, 0.25) is 0 Å². The third-order valence-corrected chi connectivity index (χ3v) is 9.03. The third kappa shape index (κ3) is 5.87. The number of nitrogens with zero attached hydrogens (tertiary/aromatic N) is 4. The Morgan fingerprint density at radius 2 is 0.679 bits per heavy atom. The number of aromatic amines is 4. The predicted octanol–water partition coefficient (Wildman–Crippen LogP) is 8.62. The lowest BCUT2D eigenvalue weighted by molar-refractivity contribution is 0.0400. The van der Waals surface area contributed by atoms with Gasteiger partial charge in [-0.25, -0.2) is 29.5 Å². The van der Waals surface area contributed by atoms with Gasteiger partial charge in [0.25, 0.3) is 0 Å². The van der Waals surface area contributed by atoms with Gasteiger partial charge >= 0.3 is 11.9 Å². The summed E-state index contributed by atoms with van der Waals surface area (Å²) in [5.41, 5.74) is 10.9. The van der Waals surface area contributed by atoms with Gasteiger partial charge < -0.3 is 24.7 Å². The van der Waals surface area contributed by atoms with E-state index in [2.05, 4.69) is 19.9 Å². The maximum absolute atomic E-state index is 14.2. The van der Waals surface area contributed by atoms with Gasteiger partial charge in [-0.1, -0.05) is 0 Å². The quantitative estimate of drug-likeness (QED) is 0.104. The molecule has 0 aromatic carbocycles. The molecular weight excluding hydrogens is 665 g/mol. The summed E-state index contributed by atoms with van der Waals surface area (Å²) in [5, 5.41) is 0. The number of rotatable bonds is 2. The number of fused-ring (bicyclic) bond motifs is 16. The normalized spacial score (nSPS) is 12.8. The Hall–Kier alpha value is -7.66. The fourth-order valence-corrected chi connectivity index (χ4v) is 6.63. The average Bonchev–Trinajstić information content (AvgIpc) is 3.96. The number of carbonyl (C=O) groups excluding carboxylic acids is 2. The number of aromatic nitrogens is 8. The Labute approximate surface area is 299 Å². The minimum absolute atomic E-state index is 0.0950. The van der Waals surface area contributed by atoms with Gasteiger partial charge in [0, 0.05) is 33.1 Å². The van der Waals surface area contributed by atoms with Gasteiger partial charge in [0.15, 0.2) is 0 Å². The molecule has 6 aromatic heterocycles. The summed E-state index contributed by atoms with van der Waals surface area (Å²) in [6, 6.07) is 26.4. The van der Waals surface area contributed by atoms with Crippen LogP contribution in [0.4, 0.5) is 0 Å². The van der Waals surface area contributed by atoms with E-state index in [1.54, 1.807) is 24.3 Å². The largest absolute Gasteiger partial charge is 0.385 e. The van der Waals surface area contributed by atoms with Crippen LogP contribution in [0.3, 0.4) is 0 Å². The number of nitrogens with one attached hydrogen (secondary N) is 4. The molecule has 11 heteroatoms. The van der Waals surface area contributed by atoms with E-state index in [-0.39, 0.29) is 11.1 Å². The lowest BCUT2D eigenvalue weighted by atomic mass is 10.1. The first-order valence-electron chi connectivity index (χ1n) is 16.9. The highest BCUT2D eigenvalue weighted by molar-refractivity contribution is 6.11. The van der Waals surface area contributed by atoms with Gasteiger partial charge in [-0.2, -0.15) is 0 Å². The number of hydrogen-bond acceptors (Lipinski definition) is 7. The highest BCUT2D eigenvalue weighted by Gasteiger charge is 2.25. The summed E-state index contributed by atoms with van der Waals surface area (Å²) in [6.45, 7) is 0. The molecule has 0 saturated carbocycles. The van der Waals surface area contributed by atoms with E-state index in [0.717, 1.165) is 44.8 Å². The van der Waals surface area contributed by atoms with Crippen molar-refractivity contribution in [2.24, 2.45) is 0 Å². The van der Waals surface area contributed by atoms with Crippen LogP contribution in [0.5, 0.6) is 0 Å². The molecule has 53 heavy (non-hydrogen) atoms. The molecule has 0 radical (unpaired) electrons. The van der Waals surface area contributed by atoms with Crippen LogP contribution in [-0.2, 0) is 4.74 Å². The molecular formula is C42H26N8O3. The maximum Gasteiger partial charge on any atom is 0.350 e. The molecule has 4 N–H and O–H groups in total. The Balaban J connectivity index is 1.12. The molecule has 6 aromatic rings. The van der Waals surface area contributed by atoms with Crippen molar-refractivity contribution in [3.05, 3.63) is 142 Å².